The number of hydrogen-bond donors (Lipinski definition) is 2. The third-order valence-corrected chi connectivity index (χ3v) is 3.36. The first-order valence-corrected chi connectivity index (χ1v) is 6.49. The maximum Gasteiger partial charge on any atom is 0.223 e. The van der Waals surface area contributed by atoms with Crippen molar-refractivity contribution in [3.63, 3.8) is 0 Å². The summed E-state index contributed by atoms with van der Waals surface area (Å²) < 4.78 is 5.07. The first-order valence-electron chi connectivity index (χ1n) is 5.61. The van der Waals surface area contributed by atoms with Gasteiger partial charge in [-0.25, -0.2) is 4.98 Å². The minimum Gasteiger partial charge on any atom is -0.395 e. The first kappa shape index (κ1) is 13.0. The second-order valence-corrected chi connectivity index (χ2v) is 4.64. The fraction of sp³-hybridized carbons (Fsp3) is 0.455. The zero-order chi connectivity index (χ0) is 13.0. The summed E-state index contributed by atoms with van der Waals surface area (Å²) in [5, 5.41) is 12.0. The van der Waals surface area contributed by atoms with Gasteiger partial charge in [0.1, 0.15) is 10.6 Å². The van der Waals surface area contributed by atoms with Crippen molar-refractivity contribution in [1.82, 2.24) is 9.97 Å². The zero-order valence-corrected chi connectivity index (χ0v) is 11.0. The molecule has 18 heavy (non-hydrogen) atoms. The van der Waals surface area contributed by atoms with Crippen molar-refractivity contribution >= 4 is 33.3 Å². The highest BCUT2D eigenvalue weighted by molar-refractivity contribution is 7.16. The average Bonchev–Trinajstić information content (AvgIpc) is 2.81. The number of nitrogens with zero attached hydrogens (tertiary/aromatic N) is 3. The summed E-state index contributed by atoms with van der Waals surface area (Å²) in [4.78, 5) is 11.3. The Morgan fingerprint density at radius 3 is 3.00 bits per heavy atom. The molecule has 0 aliphatic rings. The van der Waals surface area contributed by atoms with E-state index in [0.717, 1.165) is 16.0 Å². The number of hydrogen-bond acceptors (Lipinski definition) is 7. The van der Waals surface area contributed by atoms with E-state index in [2.05, 4.69) is 9.97 Å². The van der Waals surface area contributed by atoms with Crippen molar-refractivity contribution in [2.75, 3.05) is 44.0 Å². The number of fused-ring (bicyclic) bond motifs is 1. The number of nitrogens with two attached hydrogens (primary N) is 1. The summed E-state index contributed by atoms with van der Waals surface area (Å²) in [5.41, 5.74) is 5.71. The molecule has 0 amide bonds. The van der Waals surface area contributed by atoms with Crippen LogP contribution in [0.15, 0.2) is 11.4 Å². The van der Waals surface area contributed by atoms with Crippen molar-refractivity contribution in [3.8, 4) is 0 Å². The highest BCUT2D eigenvalue weighted by Crippen LogP contribution is 2.28. The lowest BCUT2D eigenvalue weighted by molar-refractivity contribution is 0.202. The fourth-order valence-corrected chi connectivity index (χ4v) is 2.51. The van der Waals surface area contributed by atoms with Crippen molar-refractivity contribution < 1.29 is 9.84 Å². The molecule has 0 spiro atoms. The van der Waals surface area contributed by atoms with Crippen LogP contribution in [-0.2, 0) is 4.74 Å². The number of anilines is 2. The lowest BCUT2D eigenvalue weighted by Gasteiger charge is -2.23. The van der Waals surface area contributed by atoms with Gasteiger partial charge in [-0.3, -0.25) is 0 Å². The van der Waals surface area contributed by atoms with Crippen LogP contribution < -0.4 is 10.6 Å². The van der Waals surface area contributed by atoms with Crippen molar-refractivity contribution in [3.05, 3.63) is 11.4 Å². The molecule has 2 aromatic rings. The molecule has 0 saturated heterocycles. The number of aliphatic hydroxyl groups excluding tert-OH is 1. The van der Waals surface area contributed by atoms with Gasteiger partial charge in [0.15, 0.2) is 0 Å². The van der Waals surface area contributed by atoms with E-state index in [0.29, 0.717) is 19.7 Å². The summed E-state index contributed by atoms with van der Waals surface area (Å²) in [6.45, 7) is 1.76. The second-order valence-electron chi connectivity index (χ2n) is 3.75. The molecule has 0 fully saturated rings. The summed E-state index contributed by atoms with van der Waals surface area (Å²) in [5.74, 6) is 1.00. The molecule has 0 saturated carbocycles. The Kier molecular flexibility index (Phi) is 4.29. The summed E-state index contributed by atoms with van der Waals surface area (Å²) in [6, 6.07) is 1.96. The molecule has 2 rings (SSSR count). The van der Waals surface area contributed by atoms with E-state index in [1.165, 1.54) is 11.3 Å². The molecule has 0 aliphatic heterocycles. The van der Waals surface area contributed by atoms with Crippen LogP contribution in [0.5, 0.6) is 0 Å². The van der Waals surface area contributed by atoms with Gasteiger partial charge in [-0.2, -0.15) is 4.98 Å². The van der Waals surface area contributed by atoms with E-state index in [1.807, 2.05) is 16.3 Å². The fourth-order valence-electron chi connectivity index (χ4n) is 1.74. The minimum absolute atomic E-state index is 0.0548. The topological polar surface area (TPSA) is 84.5 Å². The monoisotopic (exact) mass is 268 g/mol. The SMILES string of the molecule is COCCN(CCO)c1nc(N)nc2sccc12. The van der Waals surface area contributed by atoms with Crippen LogP contribution in [0, 0.1) is 0 Å². The van der Waals surface area contributed by atoms with Gasteiger partial charge in [-0.05, 0) is 11.4 Å². The van der Waals surface area contributed by atoms with E-state index in [4.69, 9.17) is 15.6 Å². The molecule has 2 aromatic heterocycles. The summed E-state index contributed by atoms with van der Waals surface area (Å²) in [6.07, 6.45) is 0. The highest BCUT2D eigenvalue weighted by atomic mass is 32.1. The molecule has 98 valence electrons. The van der Waals surface area contributed by atoms with E-state index >= 15 is 0 Å². The Balaban J connectivity index is 2.38. The van der Waals surface area contributed by atoms with Crippen LogP contribution in [0.25, 0.3) is 10.2 Å². The van der Waals surface area contributed by atoms with Crippen molar-refractivity contribution in [1.29, 1.82) is 0 Å². The molecule has 2 heterocycles. The third-order valence-electron chi connectivity index (χ3n) is 2.56. The maximum absolute atomic E-state index is 9.13. The van der Waals surface area contributed by atoms with Gasteiger partial charge >= 0.3 is 0 Å². The third kappa shape index (κ3) is 2.69. The molecule has 0 unspecified atom stereocenters. The van der Waals surface area contributed by atoms with E-state index in [9.17, 15) is 0 Å². The van der Waals surface area contributed by atoms with Crippen LogP contribution in [0.1, 0.15) is 0 Å². The molecule has 0 radical (unpaired) electrons. The van der Waals surface area contributed by atoms with Crippen LogP contribution >= 0.6 is 11.3 Å². The summed E-state index contributed by atoms with van der Waals surface area (Å²) >= 11 is 1.52. The Morgan fingerprint density at radius 1 is 1.44 bits per heavy atom. The predicted molar refractivity (Wildman–Crippen MR) is 73.0 cm³/mol. The second kappa shape index (κ2) is 5.94. The molecule has 7 heteroatoms. The number of thiophene rings is 1. The molecular weight excluding hydrogens is 252 g/mol. The molecule has 0 aromatic carbocycles. The van der Waals surface area contributed by atoms with Crippen LogP contribution in [0.2, 0.25) is 0 Å². The molecule has 0 aliphatic carbocycles. The van der Waals surface area contributed by atoms with Gasteiger partial charge in [0.25, 0.3) is 0 Å². The van der Waals surface area contributed by atoms with Crippen LogP contribution in [0.3, 0.4) is 0 Å². The molecule has 0 bridgehead atoms. The van der Waals surface area contributed by atoms with Gasteiger partial charge in [-0.1, -0.05) is 0 Å². The number of nitrogen functional groups attached to an aromatic ring is 1. The standard InChI is InChI=1S/C11H16N4O2S/c1-17-6-4-15(3-5-16)9-8-2-7-18-10(8)14-11(12)13-9/h2,7,16H,3-6H2,1H3,(H2,12,13,14). The number of rotatable bonds is 6. The van der Waals surface area contributed by atoms with Gasteiger partial charge < -0.3 is 20.5 Å². The highest BCUT2D eigenvalue weighted by Gasteiger charge is 2.14. The van der Waals surface area contributed by atoms with Gasteiger partial charge in [-0.15, -0.1) is 11.3 Å². The van der Waals surface area contributed by atoms with Gasteiger partial charge in [0.05, 0.1) is 18.6 Å². The Labute approximate surface area is 109 Å². The van der Waals surface area contributed by atoms with E-state index < -0.39 is 0 Å². The average molecular weight is 268 g/mol. The lowest BCUT2D eigenvalue weighted by Crippen LogP contribution is -2.31. The molecule has 3 N–H and O–H groups in total. The zero-order valence-electron chi connectivity index (χ0n) is 10.2. The molecular formula is C11H16N4O2S. The number of aliphatic hydroxyl groups is 1. The Bertz CT molecular complexity index is 517. The van der Waals surface area contributed by atoms with E-state index in [1.54, 1.807) is 7.11 Å². The Hall–Kier alpha value is -1.44. The Morgan fingerprint density at radius 2 is 2.28 bits per heavy atom. The molecule has 0 atom stereocenters. The maximum atomic E-state index is 9.13. The molecule has 6 nitrogen and oxygen atoms in total. The number of ether oxygens (including phenoxy) is 1. The quantitative estimate of drug-likeness (QED) is 0.803. The van der Waals surface area contributed by atoms with Crippen molar-refractivity contribution in [2.24, 2.45) is 0 Å². The van der Waals surface area contributed by atoms with Crippen molar-refractivity contribution in [2.45, 2.75) is 0 Å². The first-order chi connectivity index (χ1) is 8.76. The van der Waals surface area contributed by atoms with Crippen LogP contribution in [-0.4, -0.2) is 48.5 Å². The largest absolute Gasteiger partial charge is 0.395 e. The number of methoxy groups -OCH3 is 1. The van der Waals surface area contributed by atoms with Gasteiger partial charge in [0.2, 0.25) is 5.95 Å². The normalized spacial score (nSPS) is 11.0. The van der Waals surface area contributed by atoms with Gasteiger partial charge in [0, 0.05) is 20.2 Å². The van der Waals surface area contributed by atoms with E-state index in [-0.39, 0.29) is 12.6 Å². The van der Waals surface area contributed by atoms with Crippen LogP contribution in [0.4, 0.5) is 11.8 Å². The smallest absolute Gasteiger partial charge is 0.223 e. The summed E-state index contributed by atoms with van der Waals surface area (Å²) in [7, 11) is 1.64. The lowest BCUT2D eigenvalue weighted by atomic mass is 10.3. The number of aromatic nitrogens is 2. The predicted octanol–water partition coefficient (Wildman–Crippen LogP) is 0.719. The minimum atomic E-state index is 0.0548.